The van der Waals surface area contributed by atoms with Crippen molar-refractivity contribution in [1.29, 1.82) is 0 Å². The van der Waals surface area contributed by atoms with Crippen LogP contribution in [0, 0.1) is 0 Å². The van der Waals surface area contributed by atoms with Crippen molar-refractivity contribution in [3.05, 3.63) is 0 Å². The highest BCUT2D eigenvalue weighted by molar-refractivity contribution is 7.99. The van der Waals surface area contributed by atoms with Gasteiger partial charge in [0.15, 0.2) is 0 Å². The molecule has 0 aromatic heterocycles. The third kappa shape index (κ3) is 3.83. The lowest BCUT2D eigenvalue weighted by atomic mass is 10.3. The first-order chi connectivity index (χ1) is 7.15. The van der Waals surface area contributed by atoms with Gasteiger partial charge in [0, 0.05) is 30.4 Å². The summed E-state index contributed by atoms with van der Waals surface area (Å²) in [5.41, 5.74) is 5.44. The number of imide groups is 1. The lowest BCUT2D eigenvalue weighted by Crippen LogP contribution is -2.31. The molecule has 0 spiro atoms. The smallest absolute Gasteiger partial charge is 0.229 e. The van der Waals surface area contributed by atoms with E-state index in [-0.39, 0.29) is 11.8 Å². The Hall–Kier alpha value is -0.550. The van der Waals surface area contributed by atoms with Gasteiger partial charge in [-0.25, -0.2) is 0 Å². The van der Waals surface area contributed by atoms with Gasteiger partial charge in [0.25, 0.3) is 0 Å². The van der Waals surface area contributed by atoms with Gasteiger partial charge in [-0.05, 0) is 13.0 Å². The van der Waals surface area contributed by atoms with Gasteiger partial charge in [0.05, 0.1) is 0 Å². The second-order valence-electron chi connectivity index (χ2n) is 3.70. The molecule has 0 aliphatic carbocycles. The zero-order valence-electron chi connectivity index (χ0n) is 9.07. The van der Waals surface area contributed by atoms with Crippen LogP contribution in [0.15, 0.2) is 0 Å². The third-order valence-corrected chi connectivity index (χ3v) is 3.67. The molecule has 2 N–H and O–H groups in total. The number of thioether (sulfide) groups is 1. The molecular weight excluding hydrogens is 212 g/mol. The molecule has 1 aliphatic heterocycles. The summed E-state index contributed by atoms with van der Waals surface area (Å²) < 4.78 is 0. The quantitative estimate of drug-likeness (QED) is 0.679. The van der Waals surface area contributed by atoms with Crippen LogP contribution in [0.1, 0.15) is 26.2 Å². The van der Waals surface area contributed by atoms with Gasteiger partial charge in [-0.3, -0.25) is 14.5 Å². The number of nitrogens with two attached hydrogens (primary N) is 1. The first-order valence-corrected chi connectivity index (χ1v) is 6.35. The zero-order valence-corrected chi connectivity index (χ0v) is 9.89. The van der Waals surface area contributed by atoms with Crippen molar-refractivity contribution in [2.45, 2.75) is 31.4 Å². The fourth-order valence-corrected chi connectivity index (χ4v) is 2.53. The van der Waals surface area contributed by atoms with Crippen LogP contribution in [0.3, 0.4) is 0 Å². The van der Waals surface area contributed by atoms with E-state index in [0.29, 0.717) is 31.2 Å². The molecule has 1 unspecified atom stereocenters. The molecule has 5 heteroatoms. The molecule has 86 valence electrons. The maximum absolute atomic E-state index is 11.3. The van der Waals surface area contributed by atoms with Crippen molar-refractivity contribution < 1.29 is 9.59 Å². The Balaban J connectivity index is 2.19. The van der Waals surface area contributed by atoms with Crippen molar-refractivity contribution in [2.75, 3.05) is 18.8 Å². The van der Waals surface area contributed by atoms with Gasteiger partial charge in [-0.2, -0.15) is 11.8 Å². The van der Waals surface area contributed by atoms with E-state index in [2.05, 4.69) is 6.92 Å². The Bertz CT molecular complexity index is 230. The van der Waals surface area contributed by atoms with E-state index >= 15 is 0 Å². The minimum Gasteiger partial charge on any atom is -0.330 e. The molecule has 0 radical (unpaired) electrons. The zero-order chi connectivity index (χ0) is 11.3. The Labute approximate surface area is 94.6 Å². The van der Waals surface area contributed by atoms with E-state index < -0.39 is 0 Å². The summed E-state index contributed by atoms with van der Waals surface area (Å²) in [6.45, 7) is 3.36. The molecule has 1 saturated heterocycles. The van der Waals surface area contributed by atoms with Crippen molar-refractivity contribution in [3.63, 3.8) is 0 Å². The van der Waals surface area contributed by atoms with Gasteiger partial charge in [-0.1, -0.05) is 6.92 Å². The molecule has 1 fully saturated rings. The number of hydrogen-bond acceptors (Lipinski definition) is 4. The van der Waals surface area contributed by atoms with E-state index in [1.807, 2.05) is 0 Å². The highest BCUT2D eigenvalue weighted by Crippen LogP contribution is 2.16. The Morgan fingerprint density at radius 1 is 1.40 bits per heavy atom. The minimum atomic E-state index is -0.0212. The number of nitrogens with zero attached hydrogens (tertiary/aromatic N) is 1. The van der Waals surface area contributed by atoms with Gasteiger partial charge in [0.1, 0.15) is 0 Å². The first-order valence-electron chi connectivity index (χ1n) is 5.30. The minimum absolute atomic E-state index is 0.0212. The Kier molecular flexibility index (Phi) is 5.11. The second kappa shape index (κ2) is 6.12. The molecule has 0 bridgehead atoms. The van der Waals surface area contributed by atoms with E-state index in [9.17, 15) is 9.59 Å². The third-order valence-electron chi connectivity index (χ3n) is 2.45. The second-order valence-corrected chi connectivity index (χ2v) is 5.24. The number of carbonyl (C=O) groups excluding carboxylic acids is 2. The van der Waals surface area contributed by atoms with E-state index in [4.69, 9.17) is 5.73 Å². The van der Waals surface area contributed by atoms with Crippen LogP contribution in [0.5, 0.6) is 0 Å². The summed E-state index contributed by atoms with van der Waals surface area (Å²) in [5, 5.41) is 0.503. The summed E-state index contributed by atoms with van der Waals surface area (Å²) in [6.07, 6.45) is 1.76. The van der Waals surface area contributed by atoms with Crippen molar-refractivity contribution >= 4 is 23.6 Å². The van der Waals surface area contributed by atoms with Crippen molar-refractivity contribution in [2.24, 2.45) is 5.73 Å². The first kappa shape index (κ1) is 12.5. The number of amides is 2. The predicted octanol–water partition coefficient (Wildman–Crippen LogP) is 0.606. The van der Waals surface area contributed by atoms with Gasteiger partial charge in [0.2, 0.25) is 11.8 Å². The standard InChI is InChI=1S/C10H18N2O2S/c1-8(4-5-11)15-7-6-12-9(13)2-3-10(12)14/h8H,2-7,11H2,1H3. The fourth-order valence-electron chi connectivity index (χ4n) is 1.54. The van der Waals surface area contributed by atoms with Crippen LogP contribution in [-0.4, -0.2) is 40.8 Å². The molecule has 2 amide bonds. The Morgan fingerprint density at radius 3 is 2.53 bits per heavy atom. The largest absolute Gasteiger partial charge is 0.330 e. The summed E-state index contributed by atoms with van der Waals surface area (Å²) in [6, 6.07) is 0. The predicted molar refractivity (Wildman–Crippen MR) is 61.5 cm³/mol. The topological polar surface area (TPSA) is 63.4 Å². The average molecular weight is 230 g/mol. The van der Waals surface area contributed by atoms with Gasteiger partial charge in [-0.15, -0.1) is 0 Å². The maximum atomic E-state index is 11.3. The van der Waals surface area contributed by atoms with Crippen LogP contribution in [-0.2, 0) is 9.59 Å². The van der Waals surface area contributed by atoms with Gasteiger partial charge < -0.3 is 5.73 Å². The Morgan fingerprint density at radius 2 is 2.00 bits per heavy atom. The number of rotatable bonds is 6. The highest BCUT2D eigenvalue weighted by atomic mass is 32.2. The van der Waals surface area contributed by atoms with Crippen LogP contribution in [0.25, 0.3) is 0 Å². The lowest BCUT2D eigenvalue weighted by molar-refractivity contribution is -0.137. The molecule has 1 aliphatic rings. The van der Waals surface area contributed by atoms with Gasteiger partial charge >= 0.3 is 0 Å². The number of carbonyl (C=O) groups is 2. The van der Waals surface area contributed by atoms with Crippen molar-refractivity contribution in [1.82, 2.24) is 4.90 Å². The summed E-state index contributed by atoms with van der Waals surface area (Å²) >= 11 is 1.77. The van der Waals surface area contributed by atoms with Crippen molar-refractivity contribution in [3.8, 4) is 0 Å². The van der Waals surface area contributed by atoms with Crippen LogP contribution < -0.4 is 5.73 Å². The van der Waals surface area contributed by atoms with E-state index in [1.54, 1.807) is 11.8 Å². The summed E-state index contributed by atoms with van der Waals surface area (Å²) in [7, 11) is 0. The average Bonchev–Trinajstić information content (AvgIpc) is 2.49. The molecule has 0 aromatic carbocycles. The fraction of sp³-hybridized carbons (Fsp3) is 0.800. The molecule has 1 heterocycles. The number of hydrogen-bond donors (Lipinski definition) is 1. The SMILES string of the molecule is CC(CCN)SCCN1C(=O)CCC1=O. The molecule has 0 saturated carbocycles. The molecule has 15 heavy (non-hydrogen) atoms. The molecular formula is C10H18N2O2S. The van der Waals surface area contributed by atoms with E-state index in [1.165, 1.54) is 4.90 Å². The molecule has 4 nitrogen and oxygen atoms in total. The monoisotopic (exact) mass is 230 g/mol. The van der Waals surface area contributed by atoms with Crippen LogP contribution in [0.4, 0.5) is 0 Å². The van der Waals surface area contributed by atoms with Crippen LogP contribution in [0.2, 0.25) is 0 Å². The lowest BCUT2D eigenvalue weighted by Gasteiger charge is -2.15. The summed E-state index contributed by atoms with van der Waals surface area (Å²) in [5.74, 6) is 0.776. The van der Waals surface area contributed by atoms with E-state index in [0.717, 1.165) is 12.2 Å². The highest BCUT2D eigenvalue weighted by Gasteiger charge is 2.28. The molecule has 1 atom stereocenters. The molecule has 0 aromatic rings. The normalized spacial score (nSPS) is 18.7. The summed E-state index contributed by atoms with van der Waals surface area (Å²) in [4.78, 5) is 23.9. The molecule has 1 rings (SSSR count). The van der Waals surface area contributed by atoms with Crippen LogP contribution >= 0.6 is 11.8 Å². The number of likely N-dealkylation sites (tertiary alicyclic amines) is 1. The maximum Gasteiger partial charge on any atom is 0.229 e.